The van der Waals surface area contributed by atoms with Gasteiger partial charge in [0, 0.05) is 19.2 Å². The third-order valence-corrected chi connectivity index (χ3v) is 8.23. The van der Waals surface area contributed by atoms with E-state index in [4.69, 9.17) is 4.74 Å². The Hall–Kier alpha value is -3.60. The Morgan fingerprint density at radius 3 is 2.31 bits per heavy atom. The SMILES string of the molecule is COC(=O)Cn1c(=NC(=O)c2ccc(S(=O)(=O)N(C)Cc3ccccc3)cc2)sc2ccccc21. The Morgan fingerprint density at radius 2 is 1.63 bits per heavy atom. The number of thiazole rings is 1. The number of para-hydroxylation sites is 1. The van der Waals surface area contributed by atoms with E-state index in [9.17, 15) is 18.0 Å². The zero-order valence-corrected chi connectivity index (χ0v) is 20.8. The average Bonchev–Trinajstić information content (AvgIpc) is 3.21. The fourth-order valence-electron chi connectivity index (χ4n) is 3.48. The fourth-order valence-corrected chi connectivity index (χ4v) is 5.67. The molecular weight excluding hydrogens is 486 g/mol. The van der Waals surface area contributed by atoms with Crippen molar-refractivity contribution >= 4 is 43.5 Å². The average molecular weight is 510 g/mol. The minimum absolute atomic E-state index is 0.0788. The van der Waals surface area contributed by atoms with Gasteiger partial charge in [0.05, 0.1) is 22.2 Å². The van der Waals surface area contributed by atoms with Crippen LogP contribution in [-0.2, 0) is 32.6 Å². The summed E-state index contributed by atoms with van der Waals surface area (Å²) in [6.45, 7) is 0.142. The summed E-state index contributed by atoms with van der Waals surface area (Å²) in [5.74, 6) is -1.01. The van der Waals surface area contributed by atoms with E-state index in [1.807, 2.05) is 54.6 Å². The first-order chi connectivity index (χ1) is 16.8. The van der Waals surface area contributed by atoms with Gasteiger partial charge in [-0.05, 0) is 42.0 Å². The molecule has 180 valence electrons. The maximum absolute atomic E-state index is 13.0. The summed E-state index contributed by atoms with van der Waals surface area (Å²) in [6.07, 6.45) is 0. The maximum atomic E-state index is 13.0. The fraction of sp³-hybridized carbons (Fsp3) is 0.160. The molecule has 0 saturated carbocycles. The van der Waals surface area contributed by atoms with Crippen LogP contribution in [0, 0.1) is 0 Å². The molecular formula is C25H23N3O5S2. The highest BCUT2D eigenvalue weighted by Gasteiger charge is 2.21. The molecule has 0 aliphatic heterocycles. The van der Waals surface area contributed by atoms with Crippen LogP contribution in [0.1, 0.15) is 15.9 Å². The molecule has 4 rings (SSSR count). The molecule has 0 radical (unpaired) electrons. The quantitative estimate of drug-likeness (QED) is 0.356. The van der Waals surface area contributed by atoms with E-state index in [2.05, 4.69) is 4.99 Å². The summed E-state index contributed by atoms with van der Waals surface area (Å²) < 4.78 is 34.4. The molecule has 0 atom stereocenters. The van der Waals surface area contributed by atoms with Gasteiger partial charge in [0.15, 0.2) is 4.80 Å². The lowest BCUT2D eigenvalue weighted by Gasteiger charge is -2.17. The topological polar surface area (TPSA) is 98.0 Å². The van der Waals surface area contributed by atoms with Gasteiger partial charge in [-0.25, -0.2) is 8.42 Å². The Labute approximate surface area is 206 Å². The zero-order valence-electron chi connectivity index (χ0n) is 19.1. The molecule has 1 aromatic heterocycles. The van der Waals surface area contributed by atoms with Gasteiger partial charge in [0.25, 0.3) is 5.91 Å². The zero-order chi connectivity index (χ0) is 25.0. The maximum Gasteiger partial charge on any atom is 0.325 e. The predicted octanol–water partition coefficient (Wildman–Crippen LogP) is 3.44. The van der Waals surface area contributed by atoms with Crippen molar-refractivity contribution in [2.75, 3.05) is 14.2 Å². The molecule has 10 heteroatoms. The van der Waals surface area contributed by atoms with Crippen LogP contribution in [0.2, 0.25) is 0 Å². The second kappa shape index (κ2) is 10.3. The first kappa shape index (κ1) is 24.5. The number of hydrogen-bond donors (Lipinski definition) is 0. The normalized spacial score (nSPS) is 12.3. The van der Waals surface area contributed by atoms with E-state index >= 15 is 0 Å². The largest absolute Gasteiger partial charge is 0.468 e. The Morgan fingerprint density at radius 1 is 0.971 bits per heavy atom. The summed E-state index contributed by atoms with van der Waals surface area (Å²) >= 11 is 1.28. The van der Waals surface area contributed by atoms with Crippen LogP contribution in [0.5, 0.6) is 0 Å². The molecule has 35 heavy (non-hydrogen) atoms. The number of esters is 1. The molecule has 4 aromatic rings. The van der Waals surface area contributed by atoms with E-state index in [0.717, 1.165) is 15.8 Å². The van der Waals surface area contributed by atoms with Crippen molar-refractivity contribution in [2.45, 2.75) is 18.0 Å². The van der Waals surface area contributed by atoms with Crippen LogP contribution in [0.15, 0.2) is 88.8 Å². The first-order valence-corrected chi connectivity index (χ1v) is 12.9. The van der Waals surface area contributed by atoms with Crippen LogP contribution in [0.3, 0.4) is 0 Å². The summed E-state index contributed by atoms with van der Waals surface area (Å²) in [6, 6.07) is 22.4. The van der Waals surface area contributed by atoms with Gasteiger partial charge < -0.3 is 9.30 Å². The minimum atomic E-state index is -3.74. The van der Waals surface area contributed by atoms with Crippen molar-refractivity contribution in [1.29, 1.82) is 0 Å². The summed E-state index contributed by atoms with van der Waals surface area (Å²) in [5, 5.41) is 0. The lowest BCUT2D eigenvalue weighted by molar-refractivity contribution is -0.141. The van der Waals surface area contributed by atoms with E-state index in [-0.39, 0.29) is 23.5 Å². The second-order valence-electron chi connectivity index (χ2n) is 7.70. The Balaban J connectivity index is 1.60. The molecule has 1 amide bonds. The van der Waals surface area contributed by atoms with Crippen molar-refractivity contribution in [3.8, 4) is 0 Å². The molecule has 0 bridgehead atoms. The number of fused-ring (bicyclic) bond motifs is 1. The highest BCUT2D eigenvalue weighted by Crippen LogP contribution is 2.19. The highest BCUT2D eigenvalue weighted by molar-refractivity contribution is 7.89. The summed E-state index contributed by atoms with van der Waals surface area (Å²) in [5.41, 5.74) is 1.86. The van der Waals surface area contributed by atoms with Crippen molar-refractivity contribution in [3.63, 3.8) is 0 Å². The van der Waals surface area contributed by atoms with Crippen molar-refractivity contribution in [1.82, 2.24) is 8.87 Å². The number of carbonyl (C=O) groups excluding carboxylic acids is 2. The van der Waals surface area contributed by atoms with Gasteiger partial charge >= 0.3 is 5.97 Å². The third kappa shape index (κ3) is 5.40. The van der Waals surface area contributed by atoms with Gasteiger partial charge in [-0.2, -0.15) is 9.30 Å². The lowest BCUT2D eigenvalue weighted by Crippen LogP contribution is -2.26. The van der Waals surface area contributed by atoms with Gasteiger partial charge in [0.1, 0.15) is 6.54 Å². The van der Waals surface area contributed by atoms with Crippen molar-refractivity contribution < 1.29 is 22.7 Å². The van der Waals surface area contributed by atoms with E-state index in [1.54, 1.807) is 4.57 Å². The number of rotatable bonds is 7. The van der Waals surface area contributed by atoms with Gasteiger partial charge in [-0.15, -0.1) is 0 Å². The van der Waals surface area contributed by atoms with Crippen LogP contribution in [0.25, 0.3) is 10.2 Å². The second-order valence-corrected chi connectivity index (χ2v) is 10.8. The number of nitrogens with zero attached hydrogens (tertiary/aromatic N) is 3. The van der Waals surface area contributed by atoms with Crippen LogP contribution in [0.4, 0.5) is 0 Å². The molecule has 0 aliphatic carbocycles. The first-order valence-electron chi connectivity index (χ1n) is 10.6. The van der Waals surface area contributed by atoms with Crippen LogP contribution < -0.4 is 4.80 Å². The highest BCUT2D eigenvalue weighted by atomic mass is 32.2. The molecule has 8 nitrogen and oxygen atoms in total. The third-order valence-electron chi connectivity index (χ3n) is 5.36. The molecule has 0 unspecified atom stereocenters. The minimum Gasteiger partial charge on any atom is -0.468 e. The number of methoxy groups -OCH3 is 1. The van der Waals surface area contributed by atoms with Crippen molar-refractivity contribution in [3.05, 3.63) is 94.8 Å². The lowest BCUT2D eigenvalue weighted by atomic mass is 10.2. The van der Waals surface area contributed by atoms with Crippen LogP contribution in [-0.4, -0.2) is 43.3 Å². The van der Waals surface area contributed by atoms with E-state index in [0.29, 0.717) is 4.80 Å². The number of sulfonamides is 1. The monoisotopic (exact) mass is 509 g/mol. The number of aromatic nitrogens is 1. The number of ether oxygens (including phenoxy) is 1. The molecule has 1 heterocycles. The molecule has 0 fully saturated rings. The smallest absolute Gasteiger partial charge is 0.325 e. The standard InChI is InChI=1S/C25H23N3O5S2/c1-27(16-18-8-4-3-5-9-18)35(31,32)20-14-12-19(13-15-20)24(30)26-25-28(17-23(29)33-2)21-10-6-7-11-22(21)34-25/h3-15H,16-17H2,1-2H3. The number of hydrogen-bond acceptors (Lipinski definition) is 6. The molecule has 0 spiro atoms. The molecule has 0 aliphatic rings. The number of amides is 1. The van der Waals surface area contributed by atoms with Crippen LogP contribution >= 0.6 is 11.3 Å². The van der Waals surface area contributed by atoms with Gasteiger partial charge in [-0.3, -0.25) is 9.59 Å². The molecule has 3 aromatic carbocycles. The molecule has 0 saturated heterocycles. The Kier molecular flexibility index (Phi) is 7.25. The predicted molar refractivity (Wildman–Crippen MR) is 133 cm³/mol. The van der Waals surface area contributed by atoms with E-state index < -0.39 is 21.9 Å². The number of carbonyl (C=O) groups is 2. The molecule has 0 N–H and O–H groups in total. The number of benzene rings is 3. The summed E-state index contributed by atoms with van der Waals surface area (Å²) in [4.78, 5) is 29.4. The van der Waals surface area contributed by atoms with Gasteiger partial charge in [-0.1, -0.05) is 53.8 Å². The van der Waals surface area contributed by atoms with E-state index in [1.165, 1.54) is 54.1 Å². The van der Waals surface area contributed by atoms with Gasteiger partial charge in [0.2, 0.25) is 10.0 Å². The Bertz CT molecular complexity index is 1540. The van der Waals surface area contributed by atoms with Crippen molar-refractivity contribution in [2.24, 2.45) is 4.99 Å². The summed E-state index contributed by atoms with van der Waals surface area (Å²) in [7, 11) is -0.931.